The predicted octanol–water partition coefficient (Wildman–Crippen LogP) is 1.05. The van der Waals surface area contributed by atoms with Crippen LogP contribution in [-0.4, -0.2) is 44.9 Å². The highest BCUT2D eigenvalue weighted by Crippen LogP contribution is 2.29. The van der Waals surface area contributed by atoms with Crippen LogP contribution in [0, 0.1) is 5.92 Å². The Bertz CT molecular complexity index is 801. The first-order valence-corrected chi connectivity index (χ1v) is 8.01. The fourth-order valence-electron chi connectivity index (χ4n) is 3.44. The quantitative estimate of drug-likeness (QED) is 0.863. The third-order valence-electron chi connectivity index (χ3n) is 4.70. The maximum atomic E-state index is 12.8. The lowest BCUT2D eigenvalue weighted by atomic mass is 10.0. The zero-order valence-electron chi connectivity index (χ0n) is 13.1. The summed E-state index contributed by atoms with van der Waals surface area (Å²) in [6, 6.07) is 6.56. The van der Waals surface area contributed by atoms with Gasteiger partial charge in [-0.05, 0) is 12.1 Å². The molecule has 2 amide bonds. The molecule has 3 heterocycles. The lowest BCUT2D eigenvalue weighted by Crippen LogP contribution is -2.40. The Kier molecular flexibility index (Phi) is 3.48. The van der Waals surface area contributed by atoms with E-state index in [4.69, 9.17) is 0 Å². The van der Waals surface area contributed by atoms with Crippen LogP contribution in [0.5, 0.6) is 5.75 Å². The van der Waals surface area contributed by atoms with E-state index in [2.05, 4.69) is 9.97 Å². The second kappa shape index (κ2) is 5.67. The van der Waals surface area contributed by atoms with Gasteiger partial charge in [-0.15, -0.1) is 0 Å². The summed E-state index contributed by atoms with van der Waals surface area (Å²) in [5.41, 5.74) is 2.62. The van der Waals surface area contributed by atoms with E-state index in [0.29, 0.717) is 25.3 Å². The van der Waals surface area contributed by atoms with Crippen molar-refractivity contribution in [1.29, 1.82) is 0 Å². The lowest BCUT2D eigenvalue weighted by Gasteiger charge is -2.28. The fourth-order valence-corrected chi connectivity index (χ4v) is 3.44. The fraction of sp³-hybridized carbons (Fsp3) is 0.353. The Balaban J connectivity index is 1.48. The number of anilines is 1. The Hall–Kier alpha value is -2.83. The van der Waals surface area contributed by atoms with Gasteiger partial charge >= 0.3 is 0 Å². The van der Waals surface area contributed by atoms with Crippen LogP contribution in [0.15, 0.2) is 30.6 Å². The first-order valence-electron chi connectivity index (χ1n) is 8.01. The summed E-state index contributed by atoms with van der Waals surface area (Å²) in [5.74, 6) is -0.313. The van der Waals surface area contributed by atoms with Crippen molar-refractivity contribution in [3.63, 3.8) is 0 Å². The van der Waals surface area contributed by atoms with Crippen LogP contribution in [-0.2, 0) is 22.6 Å². The van der Waals surface area contributed by atoms with E-state index < -0.39 is 0 Å². The minimum atomic E-state index is -0.343. The third-order valence-corrected chi connectivity index (χ3v) is 4.70. The van der Waals surface area contributed by atoms with Crippen molar-refractivity contribution in [2.75, 3.05) is 18.0 Å². The highest BCUT2D eigenvalue weighted by molar-refractivity contribution is 6.00. The molecule has 2 aromatic rings. The number of H-pyrrole nitrogens is 1. The molecule has 7 heteroatoms. The van der Waals surface area contributed by atoms with Gasteiger partial charge in [-0.25, -0.2) is 4.98 Å². The number of hydrogen-bond acceptors (Lipinski definition) is 4. The average molecular weight is 326 g/mol. The number of aromatic nitrogens is 2. The SMILES string of the molecule is O=C([C@@H]1CC(=O)N(c2cccc(O)c2)C1)N1CCc2nc[nH]c2C1. The van der Waals surface area contributed by atoms with Crippen molar-refractivity contribution in [3.8, 4) is 5.75 Å². The molecule has 0 unspecified atom stereocenters. The van der Waals surface area contributed by atoms with Gasteiger partial charge in [0.2, 0.25) is 11.8 Å². The van der Waals surface area contributed by atoms with Gasteiger partial charge < -0.3 is 19.9 Å². The van der Waals surface area contributed by atoms with Crippen LogP contribution in [0.4, 0.5) is 5.69 Å². The Morgan fingerprint density at radius 2 is 2.25 bits per heavy atom. The summed E-state index contributed by atoms with van der Waals surface area (Å²) in [4.78, 5) is 35.8. The number of carbonyl (C=O) groups is 2. The van der Waals surface area contributed by atoms with E-state index >= 15 is 0 Å². The number of benzene rings is 1. The summed E-state index contributed by atoms with van der Waals surface area (Å²) < 4.78 is 0. The van der Waals surface area contributed by atoms with Gasteiger partial charge in [-0.2, -0.15) is 0 Å². The van der Waals surface area contributed by atoms with Crippen LogP contribution < -0.4 is 4.90 Å². The zero-order valence-corrected chi connectivity index (χ0v) is 13.1. The molecule has 0 spiro atoms. The van der Waals surface area contributed by atoms with Crippen molar-refractivity contribution >= 4 is 17.5 Å². The van der Waals surface area contributed by atoms with E-state index in [-0.39, 0.29) is 29.9 Å². The number of amides is 2. The summed E-state index contributed by atoms with van der Waals surface area (Å²) in [5, 5.41) is 9.59. The van der Waals surface area contributed by atoms with Crippen molar-refractivity contribution in [1.82, 2.24) is 14.9 Å². The molecule has 2 aliphatic rings. The highest BCUT2D eigenvalue weighted by Gasteiger charge is 2.38. The molecular formula is C17H18N4O3. The first-order chi connectivity index (χ1) is 11.6. The van der Waals surface area contributed by atoms with Crippen LogP contribution in [0.2, 0.25) is 0 Å². The molecule has 1 atom stereocenters. The Morgan fingerprint density at radius 3 is 3.08 bits per heavy atom. The number of fused-ring (bicyclic) bond motifs is 1. The molecule has 124 valence electrons. The maximum absolute atomic E-state index is 12.8. The smallest absolute Gasteiger partial charge is 0.228 e. The van der Waals surface area contributed by atoms with Gasteiger partial charge in [0.15, 0.2) is 0 Å². The van der Waals surface area contributed by atoms with Gasteiger partial charge in [0.1, 0.15) is 5.75 Å². The number of nitrogens with zero attached hydrogens (tertiary/aromatic N) is 3. The number of carbonyl (C=O) groups excluding carboxylic acids is 2. The van der Waals surface area contributed by atoms with Crippen LogP contribution in [0.25, 0.3) is 0 Å². The van der Waals surface area contributed by atoms with Gasteiger partial charge in [0, 0.05) is 37.7 Å². The van der Waals surface area contributed by atoms with Crippen LogP contribution in [0.1, 0.15) is 17.8 Å². The van der Waals surface area contributed by atoms with Gasteiger partial charge in [-0.1, -0.05) is 6.07 Å². The molecule has 24 heavy (non-hydrogen) atoms. The molecule has 4 rings (SSSR count). The summed E-state index contributed by atoms with van der Waals surface area (Å²) >= 11 is 0. The third kappa shape index (κ3) is 2.51. The van der Waals surface area contributed by atoms with E-state index in [0.717, 1.165) is 17.8 Å². The van der Waals surface area contributed by atoms with Crippen molar-refractivity contribution in [2.45, 2.75) is 19.4 Å². The molecule has 1 saturated heterocycles. The van der Waals surface area contributed by atoms with Crippen molar-refractivity contribution in [3.05, 3.63) is 42.0 Å². The summed E-state index contributed by atoms with van der Waals surface area (Å²) in [6.45, 7) is 1.51. The molecule has 0 radical (unpaired) electrons. The van der Waals surface area contributed by atoms with Gasteiger partial charge in [0.25, 0.3) is 0 Å². The molecule has 2 aliphatic heterocycles. The standard InChI is InChI=1S/C17H18N4O3/c22-13-3-1-2-12(7-13)21-8-11(6-16(21)23)17(24)20-5-4-14-15(9-20)19-10-18-14/h1-3,7,10-11,22H,4-6,8-9H2,(H,18,19)/t11-/m1/s1. The van der Waals surface area contributed by atoms with Gasteiger partial charge in [0.05, 0.1) is 30.2 Å². The Morgan fingerprint density at radius 1 is 1.38 bits per heavy atom. The Labute approximate surface area is 138 Å². The maximum Gasteiger partial charge on any atom is 0.228 e. The number of nitrogens with one attached hydrogen (secondary N) is 1. The molecule has 0 bridgehead atoms. The van der Waals surface area contributed by atoms with E-state index in [1.54, 1.807) is 40.4 Å². The second-order valence-corrected chi connectivity index (χ2v) is 6.26. The number of phenolic OH excluding ortho intramolecular Hbond substituents is 1. The molecule has 2 N–H and O–H groups in total. The van der Waals surface area contributed by atoms with Crippen molar-refractivity contribution in [2.24, 2.45) is 5.92 Å². The number of phenols is 1. The summed E-state index contributed by atoms with van der Waals surface area (Å²) in [6.07, 6.45) is 2.60. The molecule has 0 saturated carbocycles. The van der Waals surface area contributed by atoms with E-state index in [1.165, 1.54) is 0 Å². The highest BCUT2D eigenvalue weighted by atomic mass is 16.3. The average Bonchev–Trinajstić information content (AvgIpc) is 3.19. The number of rotatable bonds is 2. The molecule has 0 aliphatic carbocycles. The normalized spacial score (nSPS) is 20.3. The number of aromatic amines is 1. The monoisotopic (exact) mass is 326 g/mol. The van der Waals surface area contributed by atoms with E-state index in [9.17, 15) is 14.7 Å². The molecule has 1 fully saturated rings. The lowest BCUT2D eigenvalue weighted by molar-refractivity contribution is -0.136. The molecule has 1 aromatic carbocycles. The second-order valence-electron chi connectivity index (χ2n) is 6.26. The van der Waals surface area contributed by atoms with Crippen LogP contribution >= 0.6 is 0 Å². The zero-order chi connectivity index (χ0) is 16.7. The number of imidazole rings is 1. The van der Waals surface area contributed by atoms with Crippen molar-refractivity contribution < 1.29 is 14.7 Å². The van der Waals surface area contributed by atoms with E-state index in [1.807, 2.05) is 0 Å². The number of aromatic hydroxyl groups is 1. The minimum absolute atomic E-state index is 0.00579. The number of hydrogen-bond donors (Lipinski definition) is 2. The molecular weight excluding hydrogens is 308 g/mol. The molecule has 1 aromatic heterocycles. The first kappa shape index (κ1) is 14.7. The summed E-state index contributed by atoms with van der Waals surface area (Å²) in [7, 11) is 0. The topological polar surface area (TPSA) is 89.5 Å². The van der Waals surface area contributed by atoms with Gasteiger partial charge in [-0.3, -0.25) is 9.59 Å². The predicted molar refractivity (Wildman–Crippen MR) is 86.3 cm³/mol. The minimum Gasteiger partial charge on any atom is -0.508 e. The largest absolute Gasteiger partial charge is 0.508 e. The van der Waals surface area contributed by atoms with Crippen LogP contribution in [0.3, 0.4) is 0 Å². The molecule has 7 nitrogen and oxygen atoms in total.